The highest BCUT2D eigenvalue weighted by Gasteiger charge is 2.31. The molecule has 2 rings (SSSR count). The molecular formula is C28H45N7O5. The average Bonchev–Trinajstić information content (AvgIpc) is 3.33. The predicted octanol–water partition coefficient (Wildman–Crippen LogP) is 0.491. The fourth-order valence-electron chi connectivity index (χ4n) is 4.45. The van der Waals surface area contributed by atoms with Gasteiger partial charge in [0.1, 0.15) is 18.1 Å². The molecule has 0 saturated heterocycles. The molecule has 0 aliphatic carbocycles. The van der Waals surface area contributed by atoms with E-state index in [1.165, 1.54) is 0 Å². The number of carboxylic acid groups (broad SMARTS) is 1. The molecule has 4 unspecified atom stereocenters. The van der Waals surface area contributed by atoms with Crippen molar-refractivity contribution in [1.82, 2.24) is 20.9 Å². The number of nitrogens with one attached hydrogen (secondary N) is 4. The maximum atomic E-state index is 13.5. The summed E-state index contributed by atoms with van der Waals surface area (Å²) in [6.07, 6.45) is 5.24. The van der Waals surface area contributed by atoms with Gasteiger partial charge in [-0.25, -0.2) is 4.79 Å². The third-order valence-electron chi connectivity index (χ3n) is 6.85. The van der Waals surface area contributed by atoms with Gasteiger partial charge in [0.05, 0.1) is 6.04 Å². The van der Waals surface area contributed by atoms with Crippen LogP contribution < -0.4 is 33.2 Å². The maximum Gasteiger partial charge on any atom is 0.326 e. The topological polar surface area (TPSA) is 218 Å². The molecule has 0 spiro atoms. The first-order valence-corrected chi connectivity index (χ1v) is 13.9. The summed E-state index contributed by atoms with van der Waals surface area (Å²) in [7, 11) is 0. The van der Waals surface area contributed by atoms with Crippen LogP contribution in [0.4, 0.5) is 0 Å². The minimum Gasteiger partial charge on any atom is -0.480 e. The molecule has 1 aromatic heterocycles. The van der Waals surface area contributed by atoms with Crippen LogP contribution in [0.1, 0.15) is 57.9 Å². The van der Waals surface area contributed by atoms with E-state index in [0.717, 1.165) is 22.9 Å². The Morgan fingerprint density at radius 3 is 2.08 bits per heavy atom. The third kappa shape index (κ3) is 9.92. The molecule has 3 amide bonds. The van der Waals surface area contributed by atoms with Crippen molar-refractivity contribution in [2.45, 2.75) is 83.0 Å². The van der Waals surface area contributed by atoms with E-state index in [9.17, 15) is 24.3 Å². The normalized spacial score (nSPS) is 14.3. The zero-order valence-corrected chi connectivity index (χ0v) is 23.4. The SMILES string of the molecule is CC(C)C(NC(=O)C(Cc1c[nH]c2ccccc12)NC(=O)C(CCCCN)NC(=O)C(N)CCCCN)C(=O)O. The number of aromatic amines is 1. The van der Waals surface area contributed by atoms with Crippen molar-refractivity contribution < 1.29 is 24.3 Å². The average molecular weight is 560 g/mol. The smallest absolute Gasteiger partial charge is 0.326 e. The van der Waals surface area contributed by atoms with E-state index in [4.69, 9.17) is 17.2 Å². The lowest BCUT2D eigenvalue weighted by molar-refractivity contribution is -0.143. The van der Waals surface area contributed by atoms with Gasteiger partial charge in [-0.1, -0.05) is 38.5 Å². The Hall–Kier alpha value is -3.48. The number of unbranched alkanes of at least 4 members (excludes halogenated alkanes) is 2. The molecule has 12 heteroatoms. The summed E-state index contributed by atoms with van der Waals surface area (Å²) in [6.45, 7) is 4.30. The number of carbonyl (C=O) groups excluding carboxylic acids is 3. The molecule has 11 N–H and O–H groups in total. The second kappa shape index (κ2) is 16.6. The quantitative estimate of drug-likeness (QED) is 0.120. The molecule has 1 aromatic carbocycles. The number of nitrogens with two attached hydrogens (primary N) is 3. The first kappa shape index (κ1) is 32.7. The van der Waals surface area contributed by atoms with Gasteiger partial charge in [-0.2, -0.15) is 0 Å². The van der Waals surface area contributed by atoms with Crippen LogP contribution in [0.5, 0.6) is 0 Å². The minimum absolute atomic E-state index is 0.105. The van der Waals surface area contributed by atoms with Gasteiger partial charge in [0.2, 0.25) is 17.7 Å². The number of aromatic nitrogens is 1. The molecule has 0 aliphatic rings. The van der Waals surface area contributed by atoms with Crippen LogP contribution >= 0.6 is 0 Å². The number of H-pyrrole nitrogens is 1. The largest absolute Gasteiger partial charge is 0.480 e. The second-order valence-electron chi connectivity index (χ2n) is 10.4. The van der Waals surface area contributed by atoms with Crippen molar-refractivity contribution >= 4 is 34.6 Å². The molecule has 1 heterocycles. The Morgan fingerprint density at radius 1 is 0.850 bits per heavy atom. The van der Waals surface area contributed by atoms with Gasteiger partial charge in [-0.3, -0.25) is 14.4 Å². The number of rotatable bonds is 18. The fraction of sp³-hybridized carbons (Fsp3) is 0.571. The van der Waals surface area contributed by atoms with E-state index in [1.54, 1.807) is 20.0 Å². The third-order valence-corrected chi connectivity index (χ3v) is 6.85. The van der Waals surface area contributed by atoms with Crippen molar-refractivity contribution in [3.8, 4) is 0 Å². The molecule has 4 atom stereocenters. The highest BCUT2D eigenvalue weighted by molar-refractivity contribution is 5.94. The number of carbonyl (C=O) groups is 4. The molecule has 0 saturated carbocycles. The number of benzene rings is 1. The van der Waals surface area contributed by atoms with Gasteiger partial charge in [0.25, 0.3) is 0 Å². The van der Waals surface area contributed by atoms with Crippen LogP contribution in [0, 0.1) is 5.92 Å². The maximum absolute atomic E-state index is 13.5. The highest BCUT2D eigenvalue weighted by Crippen LogP contribution is 2.19. The van der Waals surface area contributed by atoms with E-state index in [1.807, 2.05) is 24.3 Å². The Bertz CT molecular complexity index is 1120. The molecule has 40 heavy (non-hydrogen) atoms. The zero-order valence-electron chi connectivity index (χ0n) is 23.4. The molecule has 12 nitrogen and oxygen atoms in total. The summed E-state index contributed by atoms with van der Waals surface area (Å²) < 4.78 is 0. The Kier molecular flexibility index (Phi) is 13.6. The molecule has 2 aromatic rings. The van der Waals surface area contributed by atoms with E-state index >= 15 is 0 Å². The first-order valence-electron chi connectivity index (χ1n) is 13.9. The molecule has 0 fully saturated rings. The van der Waals surface area contributed by atoms with Crippen LogP contribution in [-0.4, -0.2) is 71.0 Å². The summed E-state index contributed by atoms with van der Waals surface area (Å²) in [5, 5.41) is 18.5. The molecule has 0 aliphatic heterocycles. The van der Waals surface area contributed by atoms with Gasteiger partial charge in [0.15, 0.2) is 0 Å². The number of carboxylic acids is 1. The number of para-hydroxylation sites is 1. The number of amides is 3. The van der Waals surface area contributed by atoms with E-state index in [2.05, 4.69) is 20.9 Å². The monoisotopic (exact) mass is 559 g/mol. The minimum atomic E-state index is -1.17. The van der Waals surface area contributed by atoms with Crippen LogP contribution in [0.25, 0.3) is 10.9 Å². The van der Waals surface area contributed by atoms with Crippen molar-refractivity contribution in [3.63, 3.8) is 0 Å². The summed E-state index contributed by atoms with van der Waals surface area (Å²) in [5.74, 6) is -3.21. The van der Waals surface area contributed by atoms with Gasteiger partial charge in [-0.15, -0.1) is 0 Å². The van der Waals surface area contributed by atoms with E-state index in [-0.39, 0.29) is 12.3 Å². The Labute approximate surface area is 235 Å². The Balaban J connectivity index is 2.28. The van der Waals surface area contributed by atoms with Crippen molar-refractivity contribution in [2.24, 2.45) is 23.1 Å². The molecular weight excluding hydrogens is 514 g/mol. The zero-order chi connectivity index (χ0) is 29.7. The van der Waals surface area contributed by atoms with E-state index in [0.29, 0.717) is 45.2 Å². The van der Waals surface area contributed by atoms with Crippen molar-refractivity contribution in [3.05, 3.63) is 36.0 Å². The van der Waals surface area contributed by atoms with Gasteiger partial charge >= 0.3 is 5.97 Å². The number of fused-ring (bicyclic) bond motifs is 1. The van der Waals surface area contributed by atoms with Gasteiger partial charge in [-0.05, 0) is 62.7 Å². The first-order chi connectivity index (χ1) is 19.1. The molecule has 222 valence electrons. The standard InChI is InChI=1S/C28H45N7O5/c1-17(2)24(28(39)40)35-27(38)23(15-18-16-32-21-11-4-3-9-19(18)21)34-26(37)22(12-6-8-14-30)33-25(36)20(31)10-5-7-13-29/h3-4,9,11,16-17,20,22-24,32H,5-8,10,12-15,29-31H2,1-2H3,(H,33,36)(H,34,37)(H,35,38)(H,39,40). The van der Waals surface area contributed by atoms with Gasteiger partial charge in [0, 0.05) is 23.5 Å². The van der Waals surface area contributed by atoms with E-state index < -0.39 is 47.9 Å². The lowest BCUT2D eigenvalue weighted by atomic mass is 10.0. The molecule has 0 bridgehead atoms. The van der Waals surface area contributed by atoms with Crippen LogP contribution in [-0.2, 0) is 25.6 Å². The second-order valence-corrected chi connectivity index (χ2v) is 10.4. The van der Waals surface area contributed by atoms with Gasteiger partial charge < -0.3 is 43.2 Å². The Morgan fingerprint density at radius 2 is 1.45 bits per heavy atom. The van der Waals surface area contributed by atoms with Crippen LogP contribution in [0.3, 0.4) is 0 Å². The van der Waals surface area contributed by atoms with Crippen LogP contribution in [0.15, 0.2) is 30.5 Å². The molecule has 0 radical (unpaired) electrons. The van der Waals surface area contributed by atoms with Crippen molar-refractivity contribution in [1.29, 1.82) is 0 Å². The van der Waals surface area contributed by atoms with Crippen molar-refractivity contribution in [2.75, 3.05) is 13.1 Å². The number of hydrogen-bond donors (Lipinski definition) is 8. The lowest BCUT2D eigenvalue weighted by Gasteiger charge is -2.26. The number of aliphatic carboxylic acids is 1. The highest BCUT2D eigenvalue weighted by atomic mass is 16.4. The summed E-state index contributed by atoms with van der Waals surface area (Å²) in [5.41, 5.74) is 18.8. The summed E-state index contributed by atoms with van der Waals surface area (Å²) in [4.78, 5) is 54.6. The number of hydrogen-bond acceptors (Lipinski definition) is 7. The summed E-state index contributed by atoms with van der Waals surface area (Å²) in [6, 6.07) is 3.55. The predicted molar refractivity (Wildman–Crippen MR) is 154 cm³/mol. The summed E-state index contributed by atoms with van der Waals surface area (Å²) >= 11 is 0. The van der Waals surface area contributed by atoms with Crippen LogP contribution in [0.2, 0.25) is 0 Å². The fourth-order valence-corrected chi connectivity index (χ4v) is 4.45. The lowest BCUT2D eigenvalue weighted by Crippen LogP contribution is -2.58.